The maximum Gasteiger partial charge on any atom is 0.225 e. The summed E-state index contributed by atoms with van der Waals surface area (Å²) in [5.74, 6) is -0.558. The van der Waals surface area contributed by atoms with Crippen LogP contribution in [0.25, 0.3) is 10.9 Å². The highest BCUT2D eigenvalue weighted by Crippen LogP contribution is 2.22. The van der Waals surface area contributed by atoms with Crippen LogP contribution >= 0.6 is 0 Å². The topological polar surface area (TPSA) is 65.2 Å². The summed E-state index contributed by atoms with van der Waals surface area (Å²) >= 11 is 0. The molecule has 24 heavy (non-hydrogen) atoms. The first kappa shape index (κ1) is 16.5. The normalized spacial score (nSPS) is 17.7. The summed E-state index contributed by atoms with van der Waals surface area (Å²) in [5.41, 5.74) is 1.87. The Morgan fingerprint density at radius 3 is 3.08 bits per heavy atom. The number of benzene rings is 1. The molecule has 6 heteroatoms. The van der Waals surface area contributed by atoms with Gasteiger partial charge in [0.2, 0.25) is 11.8 Å². The Bertz CT molecular complexity index is 756. The third kappa shape index (κ3) is 3.42. The first-order valence-corrected chi connectivity index (χ1v) is 8.39. The second kappa shape index (κ2) is 7.03. The second-order valence-electron chi connectivity index (χ2n) is 6.29. The molecule has 2 heterocycles. The number of carbonyl (C=O) groups excluding carboxylic acids is 2. The van der Waals surface area contributed by atoms with Crippen molar-refractivity contribution < 1.29 is 14.0 Å². The van der Waals surface area contributed by atoms with Crippen molar-refractivity contribution in [1.82, 2.24) is 15.2 Å². The van der Waals surface area contributed by atoms with E-state index in [0.29, 0.717) is 26.1 Å². The standard InChI is InChI=1S/C18H22FN3O2/c1-2-6-20-18(24)13-8-17(23)22(11-13)7-5-12-10-21-16-4-3-14(19)9-15(12)16/h3-4,9-10,13,21H,2,5-8,11H2,1H3,(H,20,24)/t13-/m1/s1. The minimum Gasteiger partial charge on any atom is -0.361 e. The van der Waals surface area contributed by atoms with Crippen molar-refractivity contribution in [3.8, 4) is 0 Å². The molecule has 1 fully saturated rings. The quantitative estimate of drug-likeness (QED) is 0.852. The van der Waals surface area contributed by atoms with Crippen molar-refractivity contribution in [1.29, 1.82) is 0 Å². The number of hydrogen-bond acceptors (Lipinski definition) is 2. The molecular formula is C18H22FN3O2. The van der Waals surface area contributed by atoms with Crippen LogP contribution in [0, 0.1) is 11.7 Å². The Hall–Kier alpha value is -2.37. The lowest BCUT2D eigenvalue weighted by atomic mass is 10.1. The number of likely N-dealkylation sites (tertiary alicyclic amines) is 1. The van der Waals surface area contributed by atoms with E-state index < -0.39 is 0 Å². The summed E-state index contributed by atoms with van der Waals surface area (Å²) in [6.07, 6.45) is 3.65. The Balaban J connectivity index is 1.61. The monoisotopic (exact) mass is 331 g/mol. The highest BCUT2D eigenvalue weighted by atomic mass is 19.1. The smallest absolute Gasteiger partial charge is 0.225 e. The zero-order valence-electron chi connectivity index (χ0n) is 13.8. The molecule has 0 unspecified atom stereocenters. The number of fused-ring (bicyclic) bond motifs is 1. The van der Waals surface area contributed by atoms with Crippen molar-refractivity contribution in [3.05, 3.63) is 35.8 Å². The van der Waals surface area contributed by atoms with Crippen molar-refractivity contribution in [2.45, 2.75) is 26.2 Å². The summed E-state index contributed by atoms with van der Waals surface area (Å²) in [6.45, 7) is 3.64. The average Bonchev–Trinajstić information content (AvgIpc) is 3.14. The van der Waals surface area contributed by atoms with Crippen LogP contribution in [0.15, 0.2) is 24.4 Å². The lowest BCUT2D eigenvalue weighted by Gasteiger charge is -2.16. The zero-order valence-corrected chi connectivity index (χ0v) is 13.8. The van der Waals surface area contributed by atoms with Gasteiger partial charge in [0.1, 0.15) is 5.82 Å². The molecule has 1 aromatic carbocycles. The van der Waals surface area contributed by atoms with Crippen LogP contribution in [0.3, 0.4) is 0 Å². The number of aromatic nitrogens is 1. The Morgan fingerprint density at radius 2 is 2.29 bits per heavy atom. The Morgan fingerprint density at radius 1 is 1.46 bits per heavy atom. The number of nitrogens with zero attached hydrogens (tertiary/aromatic N) is 1. The van der Waals surface area contributed by atoms with Gasteiger partial charge in [-0.3, -0.25) is 9.59 Å². The highest BCUT2D eigenvalue weighted by Gasteiger charge is 2.33. The predicted octanol–water partition coefficient (Wildman–Crippen LogP) is 2.22. The minimum atomic E-state index is -0.270. The molecule has 1 aliphatic rings. The Labute approximate surface area is 140 Å². The van der Waals surface area contributed by atoms with Gasteiger partial charge < -0.3 is 15.2 Å². The molecular weight excluding hydrogens is 309 g/mol. The summed E-state index contributed by atoms with van der Waals surface area (Å²) in [5, 5.41) is 3.70. The largest absolute Gasteiger partial charge is 0.361 e. The fraction of sp³-hybridized carbons (Fsp3) is 0.444. The van der Waals surface area contributed by atoms with Crippen LogP contribution in [-0.2, 0) is 16.0 Å². The van der Waals surface area contributed by atoms with E-state index in [4.69, 9.17) is 0 Å². The fourth-order valence-electron chi connectivity index (χ4n) is 3.17. The summed E-state index contributed by atoms with van der Waals surface area (Å²) < 4.78 is 13.4. The second-order valence-corrected chi connectivity index (χ2v) is 6.29. The summed E-state index contributed by atoms with van der Waals surface area (Å²) in [7, 11) is 0. The van der Waals surface area contributed by atoms with Gasteiger partial charge in [-0.15, -0.1) is 0 Å². The molecule has 0 bridgehead atoms. The van der Waals surface area contributed by atoms with Crippen LogP contribution in [0.2, 0.25) is 0 Å². The van der Waals surface area contributed by atoms with E-state index in [-0.39, 0.29) is 30.0 Å². The SMILES string of the molecule is CCCNC(=O)[C@@H]1CC(=O)N(CCc2c[nH]c3ccc(F)cc23)C1. The van der Waals surface area contributed by atoms with Crippen LogP contribution in [-0.4, -0.2) is 41.3 Å². The van der Waals surface area contributed by atoms with Crippen LogP contribution in [0.4, 0.5) is 4.39 Å². The number of halogens is 1. The number of rotatable bonds is 6. The van der Waals surface area contributed by atoms with E-state index in [2.05, 4.69) is 10.3 Å². The molecule has 5 nitrogen and oxygen atoms in total. The Kier molecular flexibility index (Phi) is 4.83. The van der Waals surface area contributed by atoms with E-state index in [9.17, 15) is 14.0 Å². The maximum absolute atomic E-state index is 13.4. The van der Waals surface area contributed by atoms with E-state index >= 15 is 0 Å². The lowest BCUT2D eigenvalue weighted by Crippen LogP contribution is -2.33. The lowest BCUT2D eigenvalue weighted by molar-refractivity contribution is -0.129. The van der Waals surface area contributed by atoms with Crippen LogP contribution in [0.1, 0.15) is 25.3 Å². The third-order valence-electron chi connectivity index (χ3n) is 4.52. The number of nitrogens with one attached hydrogen (secondary N) is 2. The van der Waals surface area contributed by atoms with Crippen molar-refractivity contribution >= 4 is 22.7 Å². The maximum atomic E-state index is 13.4. The van der Waals surface area contributed by atoms with Gasteiger partial charge >= 0.3 is 0 Å². The number of aromatic amines is 1. The molecule has 0 aliphatic carbocycles. The zero-order chi connectivity index (χ0) is 17.1. The van der Waals surface area contributed by atoms with Gasteiger partial charge in [-0.1, -0.05) is 6.92 Å². The molecule has 2 aromatic rings. The molecule has 0 saturated carbocycles. The molecule has 2 amide bonds. The van der Waals surface area contributed by atoms with Crippen molar-refractivity contribution in [2.75, 3.05) is 19.6 Å². The number of amides is 2. The van der Waals surface area contributed by atoms with Gasteiger partial charge in [-0.05, 0) is 36.6 Å². The fourth-order valence-corrected chi connectivity index (χ4v) is 3.17. The first-order chi connectivity index (χ1) is 11.6. The summed E-state index contributed by atoms with van der Waals surface area (Å²) in [4.78, 5) is 29.0. The van der Waals surface area contributed by atoms with Gasteiger partial charge in [0.05, 0.1) is 5.92 Å². The number of hydrogen-bond donors (Lipinski definition) is 2. The van der Waals surface area contributed by atoms with Gasteiger partial charge in [-0.25, -0.2) is 4.39 Å². The molecule has 128 valence electrons. The molecule has 1 aromatic heterocycles. The average molecular weight is 331 g/mol. The van der Waals surface area contributed by atoms with E-state index in [1.807, 2.05) is 13.1 Å². The molecule has 1 saturated heterocycles. The van der Waals surface area contributed by atoms with Gasteiger partial charge in [-0.2, -0.15) is 0 Å². The number of H-pyrrole nitrogens is 1. The van der Waals surface area contributed by atoms with Crippen molar-refractivity contribution in [3.63, 3.8) is 0 Å². The third-order valence-corrected chi connectivity index (χ3v) is 4.52. The molecule has 2 N–H and O–H groups in total. The van der Waals surface area contributed by atoms with E-state index in [0.717, 1.165) is 22.9 Å². The van der Waals surface area contributed by atoms with E-state index in [1.54, 1.807) is 11.0 Å². The first-order valence-electron chi connectivity index (χ1n) is 8.39. The molecule has 3 rings (SSSR count). The minimum absolute atomic E-state index is 0.0117. The van der Waals surface area contributed by atoms with Crippen molar-refractivity contribution in [2.24, 2.45) is 5.92 Å². The van der Waals surface area contributed by atoms with Crippen LogP contribution in [0.5, 0.6) is 0 Å². The molecule has 1 atom stereocenters. The number of carbonyl (C=O) groups is 2. The molecule has 1 aliphatic heterocycles. The van der Waals surface area contributed by atoms with Crippen LogP contribution < -0.4 is 5.32 Å². The predicted molar refractivity (Wildman–Crippen MR) is 89.9 cm³/mol. The molecule has 0 spiro atoms. The summed E-state index contributed by atoms with van der Waals surface area (Å²) in [6, 6.07) is 4.64. The van der Waals surface area contributed by atoms with E-state index in [1.165, 1.54) is 12.1 Å². The molecule has 0 radical (unpaired) electrons. The highest BCUT2D eigenvalue weighted by molar-refractivity contribution is 5.89. The van der Waals surface area contributed by atoms with Gasteiger partial charge in [0.15, 0.2) is 0 Å². The van der Waals surface area contributed by atoms with Gasteiger partial charge in [0, 0.05) is 43.2 Å². The van der Waals surface area contributed by atoms with Gasteiger partial charge in [0.25, 0.3) is 0 Å².